The molecule has 8 heteroatoms. The Bertz CT molecular complexity index is 1200. The SMILES string of the molecule is CCC[C@@H](C(N)=O)N1C(=O)[C@@H](Cc2ccc(F)cc2)O[C@H](c2ccc(Cl)cc2)[C@@H]1c1ccc(Cl)cc1. The Kier molecular flexibility index (Phi) is 8.29. The molecule has 3 aromatic carbocycles. The predicted molar refractivity (Wildman–Crippen MR) is 138 cm³/mol. The summed E-state index contributed by atoms with van der Waals surface area (Å²) in [6.07, 6.45) is -0.254. The largest absolute Gasteiger partial charge is 0.368 e. The predicted octanol–water partition coefficient (Wildman–Crippen LogP) is 6.04. The molecule has 0 aliphatic carbocycles. The molecule has 1 saturated heterocycles. The molecule has 0 saturated carbocycles. The highest BCUT2D eigenvalue weighted by molar-refractivity contribution is 6.30. The number of morpholine rings is 1. The van der Waals surface area contributed by atoms with E-state index < -0.39 is 30.2 Å². The van der Waals surface area contributed by atoms with Gasteiger partial charge in [-0.15, -0.1) is 0 Å². The third kappa shape index (κ3) is 5.72. The molecule has 36 heavy (non-hydrogen) atoms. The van der Waals surface area contributed by atoms with Gasteiger partial charge in [0.05, 0.1) is 6.04 Å². The first-order chi connectivity index (χ1) is 17.3. The molecule has 0 radical (unpaired) electrons. The Labute approximate surface area is 219 Å². The number of carbonyl (C=O) groups excluding carboxylic acids is 2. The van der Waals surface area contributed by atoms with Crippen LogP contribution in [0.2, 0.25) is 10.0 Å². The highest BCUT2D eigenvalue weighted by atomic mass is 35.5. The third-order valence-corrected chi connectivity index (χ3v) is 6.90. The number of hydrogen-bond donors (Lipinski definition) is 1. The topological polar surface area (TPSA) is 72.6 Å². The summed E-state index contributed by atoms with van der Waals surface area (Å²) in [4.78, 5) is 28.2. The van der Waals surface area contributed by atoms with Gasteiger partial charge in [-0.3, -0.25) is 9.59 Å². The van der Waals surface area contributed by atoms with Crippen LogP contribution < -0.4 is 5.73 Å². The number of rotatable bonds is 8. The van der Waals surface area contributed by atoms with Crippen LogP contribution in [0, 0.1) is 5.82 Å². The van der Waals surface area contributed by atoms with Crippen LogP contribution in [0.1, 0.15) is 48.6 Å². The maximum Gasteiger partial charge on any atom is 0.253 e. The van der Waals surface area contributed by atoms with Gasteiger partial charge in [0.25, 0.3) is 5.91 Å². The molecule has 0 aromatic heterocycles. The standard InChI is InChI=1S/C28H27Cl2FN2O3/c1-2-3-23(27(32)34)33-25(18-6-10-20(29)11-7-18)26(19-8-12-21(30)13-9-19)36-24(28(33)35)16-17-4-14-22(31)15-5-17/h4-15,23-26H,2-3,16H2,1H3,(H2,32,34)/t23-,24+,25-,26+/m0/s1. The fourth-order valence-electron chi connectivity index (χ4n) is 4.68. The normalized spacial score (nSPS) is 20.8. The number of amides is 2. The van der Waals surface area contributed by atoms with Crippen LogP contribution in [0.25, 0.3) is 0 Å². The first kappa shape index (κ1) is 26.1. The van der Waals surface area contributed by atoms with Gasteiger partial charge in [-0.2, -0.15) is 0 Å². The van der Waals surface area contributed by atoms with Crippen molar-refractivity contribution >= 4 is 35.0 Å². The number of nitrogens with two attached hydrogens (primary N) is 1. The molecule has 2 amide bonds. The molecule has 0 spiro atoms. The van der Waals surface area contributed by atoms with E-state index in [0.29, 0.717) is 22.9 Å². The van der Waals surface area contributed by atoms with Crippen molar-refractivity contribution in [3.63, 3.8) is 0 Å². The smallest absolute Gasteiger partial charge is 0.253 e. The number of ether oxygens (including phenoxy) is 1. The van der Waals surface area contributed by atoms with Crippen molar-refractivity contribution in [1.29, 1.82) is 0 Å². The van der Waals surface area contributed by atoms with E-state index in [2.05, 4.69) is 0 Å². The van der Waals surface area contributed by atoms with Crippen molar-refractivity contribution in [2.45, 2.75) is 50.5 Å². The molecule has 3 aromatic rings. The second-order valence-corrected chi connectivity index (χ2v) is 9.75. The monoisotopic (exact) mass is 528 g/mol. The van der Waals surface area contributed by atoms with Gasteiger partial charge in [0.1, 0.15) is 24.1 Å². The summed E-state index contributed by atoms with van der Waals surface area (Å²) in [5.74, 6) is -1.29. The van der Waals surface area contributed by atoms with E-state index in [4.69, 9.17) is 33.7 Å². The lowest BCUT2D eigenvalue weighted by Crippen LogP contribution is -2.58. The second kappa shape index (κ2) is 11.4. The molecule has 1 aliphatic rings. The van der Waals surface area contributed by atoms with Gasteiger partial charge in [0, 0.05) is 16.5 Å². The molecule has 1 aliphatic heterocycles. The number of primary amides is 1. The molecule has 2 N–H and O–H groups in total. The summed E-state index contributed by atoms with van der Waals surface area (Å²) >= 11 is 12.3. The van der Waals surface area contributed by atoms with Gasteiger partial charge in [-0.25, -0.2) is 4.39 Å². The fourth-order valence-corrected chi connectivity index (χ4v) is 4.93. The number of halogens is 3. The van der Waals surface area contributed by atoms with Crippen LogP contribution in [-0.2, 0) is 20.7 Å². The maximum atomic E-state index is 14.0. The minimum atomic E-state index is -0.904. The van der Waals surface area contributed by atoms with Gasteiger partial charge in [0.15, 0.2) is 0 Å². The van der Waals surface area contributed by atoms with E-state index in [0.717, 1.165) is 16.7 Å². The van der Waals surface area contributed by atoms with Crippen LogP contribution in [0.15, 0.2) is 72.8 Å². The molecule has 188 valence electrons. The summed E-state index contributed by atoms with van der Waals surface area (Å²) in [5.41, 5.74) is 8.13. The van der Waals surface area contributed by atoms with Gasteiger partial charge in [-0.1, -0.05) is 72.9 Å². The minimum Gasteiger partial charge on any atom is -0.368 e. The van der Waals surface area contributed by atoms with Crippen LogP contribution in [-0.4, -0.2) is 28.9 Å². The lowest BCUT2D eigenvalue weighted by molar-refractivity contribution is -0.181. The first-order valence-electron chi connectivity index (χ1n) is 11.8. The molecule has 1 heterocycles. The molecule has 5 nitrogen and oxygen atoms in total. The van der Waals surface area contributed by atoms with Crippen LogP contribution in [0.5, 0.6) is 0 Å². The molecule has 0 bridgehead atoms. The molecule has 4 rings (SSSR count). The summed E-state index contributed by atoms with van der Waals surface area (Å²) in [7, 11) is 0. The lowest BCUT2D eigenvalue weighted by atomic mass is 9.88. The quantitative estimate of drug-likeness (QED) is 0.387. The van der Waals surface area contributed by atoms with Crippen molar-refractivity contribution < 1.29 is 18.7 Å². The maximum absolute atomic E-state index is 14.0. The molecule has 1 fully saturated rings. The van der Waals surface area contributed by atoms with Crippen molar-refractivity contribution in [2.24, 2.45) is 5.73 Å². The highest BCUT2D eigenvalue weighted by Gasteiger charge is 2.47. The van der Waals surface area contributed by atoms with E-state index in [1.165, 1.54) is 12.1 Å². The number of carbonyl (C=O) groups is 2. The average molecular weight is 529 g/mol. The van der Waals surface area contributed by atoms with Crippen LogP contribution >= 0.6 is 23.2 Å². The summed E-state index contributed by atoms with van der Waals surface area (Å²) in [6, 6.07) is 18.8. The van der Waals surface area contributed by atoms with E-state index in [1.54, 1.807) is 41.3 Å². The van der Waals surface area contributed by atoms with E-state index in [9.17, 15) is 14.0 Å². The highest BCUT2D eigenvalue weighted by Crippen LogP contribution is 2.44. The van der Waals surface area contributed by atoms with Crippen LogP contribution in [0.4, 0.5) is 4.39 Å². The number of hydrogen-bond acceptors (Lipinski definition) is 3. The zero-order valence-electron chi connectivity index (χ0n) is 19.7. The van der Waals surface area contributed by atoms with E-state index in [-0.39, 0.29) is 18.1 Å². The van der Waals surface area contributed by atoms with Crippen molar-refractivity contribution in [1.82, 2.24) is 4.90 Å². The summed E-state index contributed by atoms with van der Waals surface area (Å²) < 4.78 is 20.0. The van der Waals surface area contributed by atoms with Gasteiger partial charge in [-0.05, 0) is 59.5 Å². The van der Waals surface area contributed by atoms with E-state index >= 15 is 0 Å². The zero-order chi connectivity index (χ0) is 25.8. The Morgan fingerprint density at radius 1 is 0.972 bits per heavy atom. The Morgan fingerprint density at radius 3 is 2.06 bits per heavy atom. The summed E-state index contributed by atoms with van der Waals surface area (Å²) in [6.45, 7) is 1.94. The Balaban J connectivity index is 1.84. The molecular weight excluding hydrogens is 502 g/mol. The Morgan fingerprint density at radius 2 is 1.53 bits per heavy atom. The lowest BCUT2D eigenvalue weighted by Gasteiger charge is -2.47. The van der Waals surface area contributed by atoms with Gasteiger partial charge < -0.3 is 15.4 Å². The molecule has 4 atom stereocenters. The zero-order valence-corrected chi connectivity index (χ0v) is 21.3. The molecular formula is C28H27Cl2FN2O3. The van der Waals surface area contributed by atoms with Crippen molar-refractivity contribution in [3.05, 3.63) is 105 Å². The second-order valence-electron chi connectivity index (χ2n) is 8.88. The average Bonchev–Trinajstić information content (AvgIpc) is 2.86. The fraction of sp³-hybridized carbons (Fsp3) is 0.286. The first-order valence-corrected chi connectivity index (χ1v) is 12.6. The van der Waals surface area contributed by atoms with Gasteiger partial charge >= 0.3 is 0 Å². The van der Waals surface area contributed by atoms with Gasteiger partial charge in [0.2, 0.25) is 5.91 Å². The van der Waals surface area contributed by atoms with Crippen LogP contribution in [0.3, 0.4) is 0 Å². The number of nitrogens with zero attached hydrogens (tertiary/aromatic N) is 1. The van der Waals surface area contributed by atoms with Crippen molar-refractivity contribution in [3.8, 4) is 0 Å². The van der Waals surface area contributed by atoms with E-state index in [1.807, 2.05) is 31.2 Å². The Hall–Kier alpha value is -2.93. The minimum absolute atomic E-state index is 0.213. The third-order valence-electron chi connectivity index (χ3n) is 6.40. The number of benzene rings is 3. The van der Waals surface area contributed by atoms with Crippen molar-refractivity contribution in [2.75, 3.05) is 0 Å². The summed E-state index contributed by atoms with van der Waals surface area (Å²) in [5, 5.41) is 1.11. The molecule has 0 unspecified atom stereocenters.